The van der Waals surface area contributed by atoms with Gasteiger partial charge in [-0.1, -0.05) is 20.3 Å². The Bertz CT molecular complexity index is 306. The van der Waals surface area contributed by atoms with Crippen molar-refractivity contribution in [1.82, 2.24) is 0 Å². The molecular weight excluding hydrogens is 190 g/mol. The van der Waals surface area contributed by atoms with E-state index >= 15 is 0 Å². The Morgan fingerprint density at radius 2 is 2.20 bits per heavy atom. The molecule has 1 atom stereocenters. The van der Waals surface area contributed by atoms with Crippen LogP contribution in [0.2, 0.25) is 0 Å². The summed E-state index contributed by atoms with van der Waals surface area (Å²) < 4.78 is 5.39. The van der Waals surface area contributed by atoms with Gasteiger partial charge in [0.2, 0.25) is 0 Å². The van der Waals surface area contributed by atoms with Gasteiger partial charge in [-0.15, -0.1) is 0 Å². The molecule has 0 saturated carbocycles. The van der Waals surface area contributed by atoms with Gasteiger partial charge in [0.05, 0.1) is 0 Å². The Morgan fingerprint density at radius 1 is 1.47 bits per heavy atom. The lowest BCUT2D eigenvalue weighted by atomic mass is 10.1. The first kappa shape index (κ1) is 11.8. The first-order valence-corrected chi connectivity index (χ1v) is 5.51. The van der Waals surface area contributed by atoms with Crippen molar-refractivity contribution in [2.75, 3.05) is 18.0 Å². The van der Waals surface area contributed by atoms with Crippen molar-refractivity contribution in [2.45, 2.75) is 27.2 Å². The Labute approximate surface area is 91.1 Å². The Balaban J connectivity index is 2.69. The number of anilines is 1. The molecule has 0 aromatic carbocycles. The molecule has 1 aromatic rings. The van der Waals surface area contributed by atoms with Crippen LogP contribution in [-0.4, -0.2) is 19.4 Å². The lowest BCUT2D eigenvalue weighted by Crippen LogP contribution is -2.27. The van der Waals surface area contributed by atoms with Crippen molar-refractivity contribution in [3.8, 4) is 0 Å². The third-order valence-electron chi connectivity index (χ3n) is 2.65. The van der Waals surface area contributed by atoms with E-state index in [-0.39, 0.29) is 0 Å². The summed E-state index contributed by atoms with van der Waals surface area (Å²) >= 11 is 0. The fourth-order valence-electron chi connectivity index (χ4n) is 1.46. The van der Waals surface area contributed by atoms with Gasteiger partial charge in [-0.05, 0) is 18.9 Å². The summed E-state index contributed by atoms with van der Waals surface area (Å²) in [7, 11) is 0. The Hall–Kier alpha value is -1.25. The number of furan rings is 1. The van der Waals surface area contributed by atoms with E-state index < -0.39 is 0 Å². The normalized spacial score (nSPS) is 12.5. The van der Waals surface area contributed by atoms with Crippen LogP contribution in [0.3, 0.4) is 0 Å². The van der Waals surface area contributed by atoms with Crippen LogP contribution < -0.4 is 4.90 Å². The zero-order chi connectivity index (χ0) is 11.3. The molecule has 0 aliphatic rings. The summed E-state index contributed by atoms with van der Waals surface area (Å²) in [6.07, 6.45) is 1.89. The molecule has 0 saturated heterocycles. The molecule has 1 rings (SSSR count). The SMILES string of the molecule is CCC(C)CN(CC)c1ccc(C=O)o1. The van der Waals surface area contributed by atoms with E-state index in [4.69, 9.17) is 4.42 Å². The van der Waals surface area contributed by atoms with Gasteiger partial charge in [0.1, 0.15) is 0 Å². The van der Waals surface area contributed by atoms with Crippen molar-refractivity contribution < 1.29 is 9.21 Å². The molecule has 0 amide bonds. The van der Waals surface area contributed by atoms with Crippen LogP contribution in [0.5, 0.6) is 0 Å². The largest absolute Gasteiger partial charge is 0.438 e. The van der Waals surface area contributed by atoms with Gasteiger partial charge in [-0.2, -0.15) is 0 Å². The molecule has 15 heavy (non-hydrogen) atoms. The summed E-state index contributed by atoms with van der Waals surface area (Å²) in [6.45, 7) is 8.35. The maximum absolute atomic E-state index is 10.5. The topological polar surface area (TPSA) is 33.5 Å². The lowest BCUT2D eigenvalue weighted by Gasteiger charge is -2.23. The molecule has 84 valence electrons. The van der Waals surface area contributed by atoms with Crippen LogP contribution in [0.4, 0.5) is 5.88 Å². The molecule has 3 heteroatoms. The van der Waals surface area contributed by atoms with Crippen LogP contribution >= 0.6 is 0 Å². The zero-order valence-electron chi connectivity index (χ0n) is 9.69. The third-order valence-corrected chi connectivity index (χ3v) is 2.65. The van der Waals surface area contributed by atoms with Crippen LogP contribution in [0, 0.1) is 5.92 Å². The number of hydrogen-bond acceptors (Lipinski definition) is 3. The maximum atomic E-state index is 10.5. The number of carbonyl (C=O) groups is 1. The monoisotopic (exact) mass is 209 g/mol. The van der Waals surface area contributed by atoms with Crippen molar-refractivity contribution in [3.05, 3.63) is 17.9 Å². The standard InChI is InChI=1S/C12H19NO2/c1-4-10(3)8-13(5-2)12-7-6-11(9-14)15-12/h6-7,9-10H,4-5,8H2,1-3H3. The minimum absolute atomic E-state index is 0.396. The van der Waals surface area contributed by atoms with E-state index in [2.05, 4.69) is 25.7 Å². The van der Waals surface area contributed by atoms with E-state index in [9.17, 15) is 4.79 Å². The maximum Gasteiger partial charge on any atom is 0.196 e. The highest BCUT2D eigenvalue weighted by Crippen LogP contribution is 2.19. The number of hydrogen-bond donors (Lipinski definition) is 0. The predicted octanol–water partition coefficient (Wildman–Crippen LogP) is 2.96. The van der Waals surface area contributed by atoms with E-state index in [0.29, 0.717) is 11.7 Å². The quantitative estimate of drug-likeness (QED) is 0.675. The van der Waals surface area contributed by atoms with Gasteiger partial charge in [0, 0.05) is 19.2 Å². The van der Waals surface area contributed by atoms with Crippen LogP contribution in [0.1, 0.15) is 37.7 Å². The first-order chi connectivity index (χ1) is 7.21. The molecule has 1 heterocycles. The second-order valence-electron chi connectivity index (χ2n) is 3.85. The Morgan fingerprint density at radius 3 is 2.67 bits per heavy atom. The summed E-state index contributed by atoms with van der Waals surface area (Å²) in [5, 5.41) is 0. The summed E-state index contributed by atoms with van der Waals surface area (Å²) in [4.78, 5) is 12.7. The first-order valence-electron chi connectivity index (χ1n) is 5.51. The minimum Gasteiger partial charge on any atom is -0.438 e. The van der Waals surface area contributed by atoms with Gasteiger partial charge in [-0.3, -0.25) is 4.79 Å². The van der Waals surface area contributed by atoms with Crippen LogP contribution in [0.15, 0.2) is 16.5 Å². The summed E-state index contributed by atoms with van der Waals surface area (Å²) in [6, 6.07) is 3.57. The minimum atomic E-state index is 0.396. The molecule has 0 aliphatic carbocycles. The van der Waals surface area contributed by atoms with E-state index in [1.807, 2.05) is 6.07 Å². The van der Waals surface area contributed by atoms with Crippen molar-refractivity contribution in [3.63, 3.8) is 0 Å². The van der Waals surface area contributed by atoms with Gasteiger partial charge in [0.15, 0.2) is 17.9 Å². The Kier molecular flexibility index (Phi) is 4.40. The number of rotatable bonds is 6. The molecule has 0 aliphatic heterocycles. The average molecular weight is 209 g/mol. The molecule has 0 radical (unpaired) electrons. The third kappa shape index (κ3) is 3.11. The second kappa shape index (κ2) is 5.59. The van der Waals surface area contributed by atoms with Gasteiger partial charge in [0.25, 0.3) is 0 Å². The molecule has 1 unspecified atom stereocenters. The van der Waals surface area contributed by atoms with E-state index in [1.165, 1.54) is 0 Å². The van der Waals surface area contributed by atoms with Crippen molar-refractivity contribution in [1.29, 1.82) is 0 Å². The molecular formula is C12H19NO2. The average Bonchev–Trinajstić information content (AvgIpc) is 2.73. The van der Waals surface area contributed by atoms with Crippen LogP contribution in [0.25, 0.3) is 0 Å². The number of nitrogens with zero attached hydrogens (tertiary/aromatic N) is 1. The summed E-state index contributed by atoms with van der Waals surface area (Å²) in [5.41, 5.74) is 0. The molecule has 1 aromatic heterocycles. The van der Waals surface area contributed by atoms with Gasteiger partial charge >= 0.3 is 0 Å². The van der Waals surface area contributed by atoms with E-state index in [0.717, 1.165) is 31.7 Å². The fraction of sp³-hybridized carbons (Fsp3) is 0.583. The smallest absolute Gasteiger partial charge is 0.196 e. The fourth-order valence-corrected chi connectivity index (χ4v) is 1.46. The predicted molar refractivity (Wildman–Crippen MR) is 61.4 cm³/mol. The van der Waals surface area contributed by atoms with Crippen molar-refractivity contribution >= 4 is 12.2 Å². The number of aldehydes is 1. The van der Waals surface area contributed by atoms with Gasteiger partial charge in [-0.25, -0.2) is 0 Å². The molecule has 3 nitrogen and oxygen atoms in total. The highest BCUT2D eigenvalue weighted by molar-refractivity contribution is 5.71. The molecule has 0 fully saturated rings. The van der Waals surface area contributed by atoms with Gasteiger partial charge < -0.3 is 9.32 Å². The molecule has 0 spiro atoms. The van der Waals surface area contributed by atoms with E-state index in [1.54, 1.807) is 6.07 Å². The zero-order valence-corrected chi connectivity index (χ0v) is 9.69. The molecule has 0 N–H and O–H groups in total. The second-order valence-corrected chi connectivity index (χ2v) is 3.85. The molecule has 0 bridgehead atoms. The number of carbonyl (C=O) groups excluding carboxylic acids is 1. The highest BCUT2D eigenvalue weighted by atomic mass is 16.4. The van der Waals surface area contributed by atoms with Crippen molar-refractivity contribution in [2.24, 2.45) is 5.92 Å². The highest BCUT2D eigenvalue weighted by Gasteiger charge is 2.11. The van der Waals surface area contributed by atoms with Crippen LogP contribution in [-0.2, 0) is 0 Å². The summed E-state index contributed by atoms with van der Waals surface area (Å²) in [5.74, 6) is 1.82. The lowest BCUT2D eigenvalue weighted by molar-refractivity contribution is 0.110.